The van der Waals surface area contributed by atoms with E-state index in [1.807, 2.05) is 6.07 Å². The topological polar surface area (TPSA) is 78.4 Å². The van der Waals surface area contributed by atoms with Crippen LogP contribution in [-0.4, -0.2) is 24.3 Å². The van der Waals surface area contributed by atoms with E-state index in [2.05, 4.69) is 17.2 Å². The number of hydrogen-bond acceptors (Lipinski definition) is 4. The Labute approximate surface area is 117 Å². The van der Waals surface area contributed by atoms with Gasteiger partial charge in [-0.05, 0) is 24.5 Å². The lowest BCUT2D eigenvalue weighted by atomic mass is 9.92. The number of benzene rings is 1. The highest BCUT2D eigenvalue weighted by atomic mass is 16.3. The Morgan fingerprint density at radius 1 is 1.55 bits per heavy atom. The quantitative estimate of drug-likeness (QED) is 0.559. The molecule has 1 heterocycles. The number of anilines is 1. The first-order chi connectivity index (χ1) is 9.45. The number of hydrogen-bond donors (Lipinski definition) is 3. The highest BCUT2D eigenvalue weighted by molar-refractivity contribution is 6.05. The molecule has 1 aliphatic rings. The van der Waals surface area contributed by atoms with Crippen LogP contribution in [0.25, 0.3) is 0 Å². The van der Waals surface area contributed by atoms with Crippen LogP contribution >= 0.6 is 0 Å². The number of aldehydes is 1. The van der Waals surface area contributed by atoms with Crippen molar-refractivity contribution in [1.29, 1.82) is 0 Å². The number of carbonyl (C=O) groups is 2. The highest BCUT2D eigenvalue weighted by Crippen LogP contribution is 2.39. The Hall–Kier alpha value is -2.14. The SMILES string of the molecule is C=C(C)C1(O)NC(=O)c2c1ccc(CCC=O)c2NC. The fourth-order valence-electron chi connectivity index (χ4n) is 2.52. The van der Waals surface area contributed by atoms with E-state index in [0.717, 1.165) is 11.8 Å². The lowest BCUT2D eigenvalue weighted by Gasteiger charge is -2.24. The van der Waals surface area contributed by atoms with Crippen LogP contribution in [0.5, 0.6) is 0 Å². The van der Waals surface area contributed by atoms with E-state index >= 15 is 0 Å². The lowest BCUT2D eigenvalue weighted by molar-refractivity contribution is -0.107. The van der Waals surface area contributed by atoms with Crippen LogP contribution < -0.4 is 10.6 Å². The number of aryl methyl sites for hydroxylation is 1. The summed E-state index contributed by atoms with van der Waals surface area (Å²) in [6, 6.07) is 3.53. The molecule has 2 rings (SSSR count). The van der Waals surface area contributed by atoms with E-state index in [0.29, 0.717) is 35.2 Å². The average molecular weight is 274 g/mol. The maximum Gasteiger partial charge on any atom is 0.256 e. The van der Waals surface area contributed by atoms with Gasteiger partial charge >= 0.3 is 0 Å². The molecule has 5 heteroatoms. The van der Waals surface area contributed by atoms with Crippen molar-refractivity contribution in [2.45, 2.75) is 25.5 Å². The summed E-state index contributed by atoms with van der Waals surface area (Å²) in [4.78, 5) is 22.7. The minimum atomic E-state index is -1.53. The molecule has 5 nitrogen and oxygen atoms in total. The molecule has 3 N–H and O–H groups in total. The molecule has 20 heavy (non-hydrogen) atoms. The fourth-order valence-corrected chi connectivity index (χ4v) is 2.52. The van der Waals surface area contributed by atoms with E-state index in [9.17, 15) is 14.7 Å². The summed E-state index contributed by atoms with van der Waals surface area (Å²) >= 11 is 0. The fraction of sp³-hybridized carbons (Fsp3) is 0.333. The van der Waals surface area contributed by atoms with Crippen molar-refractivity contribution in [1.82, 2.24) is 5.32 Å². The molecule has 0 bridgehead atoms. The van der Waals surface area contributed by atoms with E-state index in [4.69, 9.17) is 0 Å². The van der Waals surface area contributed by atoms with Gasteiger partial charge in [0, 0.05) is 19.0 Å². The smallest absolute Gasteiger partial charge is 0.256 e. The monoisotopic (exact) mass is 274 g/mol. The molecule has 0 spiro atoms. The van der Waals surface area contributed by atoms with Crippen LogP contribution in [0.4, 0.5) is 5.69 Å². The Bertz CT molecular complexity index is 595. The Morgan fingerprint density at radius 2 is 2.25 bits per heavy atom. The summed E-state index contributed by atoms with van der Waals surface area (Å²) in [5, 5.41) is 16.1. The first-order valence-corrected chi connectivity index (χ1v) is 6.44. The van der Waals surface area contributed by atoms with Crippen molar-refractivity contribution in [2.75, 3.05) is 12.4 Å². The van der Waals surface area contributed by atoms with Gasteiger partial charge in [0.15, 0.2) is 5.72 Å². The second kappa shape index (κ2) is 5.09. The van der Waals surface area contributed by atoms with E-state index in [1.54, 1.807) is 20.0 Å². The molecular formula is C15H18N2O3. The minimum absolute atomic E-state index is 0.345. The second-order valence-corrected chi connectivity index (χ2v) is 4.92. The number of aliphatic hydroxyl groups is 1. The maximum atomic E-state index is 12.2. The van der Waals surface area contributed by atoms with Crippen LogP contribution in [0.1, 0.15) is 34.8 Å². The van der Waals surface area contributed by atoms with Gasteiger partial charge in [-0.25, -0.2) is 0 Å². The number of fused-ring (bicyclic) bond motifs is 1. The molecule has 0 saturated heterocycles. The van der Waals surface area contributed by atoms with Crippen molar-refractivity contribution in [3.8, 4) is 0 Å². The van der Waals surface area contributed by atoms with Crippen LogP contribution in [0.3, 0.4) is 0 Å². The molecule has 1 aromatic rings. The normalized spacial score (nSPS) is 20.2. The summed E-state index contributed by atoms with van der Waals surface area (Å²) < 4.78 is 0. The van der Waals surface area contributed by atoms with Crippen LogP contribution in [-0.2, 0) is 16.9 Å². The lowest BCUT2D eigenvalue weighted by Crippen LogP contribution is -2.39. The second-order valence-electron chi connectivity index (χ2n) is 4.92. The summed E-state index contributed by atoms with van der Waals surface area (Å²) in [5.41, 5.74) is 1.36. The van der Waals surface area contributed by atoms with Gasteiger partial charge in [0.05, 0.1) is 11.3 Å². The van der Waals surface area contributed by atoms with E-state index in [-0.39, 0.29) is 5.91 Å². The van der Waals surface area contributed by atoms with Gasteiger partial charge in [0.1, 0.15) is 6.29 Å². The number of nitrogens with one attached hydrogen (secondary N) is 2. The first kappa shape index (κ1) is 14.3. The van der Waals surface area contributed by atoms with Crippen molar-refractivity contribution >= 4 is 17.9 Å². The molecule has 1 atom stereocenters. The predicted molar refractivity (Wildman–Crippen MR) is 76.6 cm³/mol. The number of amides is 1. The Morgan fingerprint density at radius 3 is 2.80 bits per heavy atom. The number of rotatable bonds is 5. The van der Waals surface area contributed by atoms with Crippen molar-refractivity contribution < 1.29 is 14.7 Å². The zero-order chi connectivity index (χ0) is 14.9. The summed E-state index contributed by atoms with van der Waals surface area (Å²) in [6.45, 7) is 5.40. The molecular weight excluding hydrogens is 256 g/mol. The van der Waals surface area contributed by atoms with Crippen LogP contribution in [0, 0.1) is 0 Å². The van der Waals surface area contributed by atoms with E-state index in [1.165, 1.54) is 0 Å². The van der Waals surface area contributed by atoms with Gasteiger partial charge in [-0.15, -0.1) is 0 Å². The highest BCUT2D eigenvalue weighted by Gasteiger charge is 2.43. The molecule has 106 valence electrons. The Balaban J connectivity index is 2.60. The minimum Gasteiger partial charge on any atom is -0.387 e. The van der Waals surface area contributed by atoms with E-state index < -0.39 is 5.72 Å². The number of carbonyl (C=O) groups excluding carboxylic acids is 2. The molecule has 0 fully saturated rings. The molecule has 0 aliphatic carbocycles. The molecule has 0 saturated carbocycles. The Kier molecular flexibility index (Phi) is 3.63. The third-order valence-corrected chi connectivity index (χ3v) is 3.60. The van der Waals surface area contributed by atoms with Crippen LogP contribution in [0.15, 0.2) is 24.3 Å². The largest absolute Gasteiger partial charge is 0.387 e. The average Bonchev–Trinajstić information content (AvgIpc) is 2.69. The van der Waals surface area contributed by atoms with Crippen molar-refractivity contribution in [3.63, 3.8) is 0 Å². The molecule has 0 radical (unpaired) electrons. The molecule has 1 aromatic carbocycles. The molecule has 1 amide bonds. The van der Waals surface area contributed by atoms with Gasteiger partial charge in [-0.2, -0.15) is 0 Å². The van der Waals surface area contributed by atoms with Crippen LogP contribution in [0.2, 0.25) is 0 Å². The van der Waals surface area contributed by atoms with Gasteiger partial charge < -0.3 is 20.5 Å². The molecule has 0 aromatic heterocycles. The van der Waals surface area contributed by atoms with Gasteiger partial charge in [-0.3, -0.25) is 4.79 Å². The molecule has 1 aliphatic heterocycles. The standard InChI is InChI=1S/C15H18N2O3/c1-9(2)15(20)11-7-6-10(5-4-8-18)13(16-3)12(11)14(19)17-15/h6-8,16,20H,1,4-5H2,2-3H3,(H,17,19). The summed E-state index contributed by atoms with van der Waals surface area (Å²) in [6.07, 6.45) is 1.78. The summed E-state index contributed by atoms with van der Waals surface area (Å²) in [5.74, 6) is -0.345. The zero-order valence-electron chi connectivity index (χ0n) is 11.6. The molecule has 1 unspecified atom stereocenters. The van der Waals surface area contributed by atoms with Gasteiger partial charge in [-0.1, -0.05) is 18.7 Å². The van der Waals surface area contributed by atoms with Crippen molar-refractivity contribution in [2.24, 2.45) is 0 Å². The third kappa shape index (κ3) is 2.00. The van der Waals surface area contributed by atoms with Gasteiger partial charge in [0.25, 0.3) is 5.91 Å². The maximum absolute atomic E-state index is 12.2. The van der Waals surface area contributed by atoms with Crippen molar-refractivity contribution in [3.05, 3.63) is 41.0 Å². The van der Waals surface area contributed by atoms with Gasteiger partial charge in [0.2, 0.25) is 0 Å². The zero-order valence-corrected chi connectivity index (χ0v) is 11.6. The summed E-state index contributed by atoms with van der Waals surface area (Å²) in [7, 11) is 1.71. The predicted octanol–water partition coefficient (Wildman–Crippen LogP) is 1.32. The first-order valence-electron chi connectivity index (χ1n) is 6.44. The third-order valence-electron chi connectivity index (χ3n) is 3.60.